The first-order valence-electron chi connectivity index (χ1n) is 7.04. The van der Waals surface area contributed by atoms with Crippen LogP contribution in [0.5, 0.6) is 0 Å². The van der Waals surface area contributed by atoms with Gasteiger partial charge in [0.1, 0.15) is 0 Å². The number of carbonyl (C=O) groups is 2. The highest BCUT2D eigenvalue weighted by atomic mass is 79.9. The molecule has 2 rings (SSSR count). The summed E-state index contributed by atoms with van der Waals surface area (Å²) in [5.41, 5.74) is 1.05. The van der Waals surface area contributed by atoms with E-state index in [1.54, 1.807) is 4.90 Å². The van der Waals surface area contributed by atoms with Crippen LogP contribution < -0.4 is 0 Å². The van der Waals surface area contributed by atoms with Crippen LogP contribution in [0.15, 0.2) is 28.7 Å². The van der Waals surface area contributed by atoms with E-state index < -0.39 is 5.97 Å². The first kappa shape index (κ1) is 16.0. The Morgan fingerprint density at radius 2 is 2.10 bits per heavy atom. The summed E-state index contributed by atoms with van der Waals surface area (Å²) in [6.45, 7) is 4.86. The topological polar surface area (TPSA) is 57.6 Å². The number of nitrogens with zero attached hydrogens (tertiary/aromatic N) is 1. The molecule has 0 saturated heterocycles. The van der Waals surface area contributed by atoms with Crippen molar-refractivity contribution in [2.24, 2.45) is 11.3 Å². The summed E-state index contributed by atoms with van der Waals surface area (Å²) in [5.74, 6) is -0.781. The number of hydrogen-bond acceptors (Lipinski definition) is 2. The number of rotatable bonds is 6. The number of aliphatic carboxylic acids is 1. The fourth-order valence-electron chi connectivity index (χ4n) is 2.46. The molecule has 114 valence electrons. The molecule has 0 heterocycles. The quantitative estimate of drug-likeness (QED) is 0.853. The Balaban J connectivity index is 2.08. The van der Waals surface area contributed by atoms with Gasteiger partial charge in [0.2, 0.25) is 5.91 Å². The number of hydrogen-bond donors (Lipinski definition) is 1. The molecule has 0 unspecified atom stereocenters. The van der Waals surface area contributed by atoms with Crippen LogP contribution in [-0.2, 0) is 16.1 Å². The maximum atomic E-state index is 12.5. The van der Waals surface area contributed by atoms with Gasteiger partial charge in [0.15, 0.2) is 0 Å². The van der Waals surface area contributed by atoms with Gasteiger partial charge in [-0.1, -0.05) is 41.9 Å². The molecule has 0 radical (unpaired) electrons. The molecule has 1 saturated carbocycles. The molecule has 0 bridgehead atoms. The fraction of sp³-hybridized carbons (Fsp3) is 0.500. The fourth-order valence-corrected chi connectivity index (χ4v) is 2.91. The van der Waals surface area contributed by atoms with E-state index in [0.29, 0.717) is 6.54 Å². The minimum atomic E-state index is -0.878. The van der Waals surface area contributed by atoms with Crippen LogP contribution in [0.4, 0.5) is 0 Å². The first-order chi connectivity index (χ1) is 9.79. The van der Waals surface area contributed by atoms with Crippen molar-refractivity contribution in [1.82, 2.24) is 4.90 Å². The molecule has 1 N–H and O–H groups in total. The monoisotopic (exact) mass is 353 g/mol. The summed E-state index contributed by atoms with van der Waals surface area (Å²) in [7, 11) is 0. The second-order valence-corrected chi connectivity index (χ2v) is 7.19. The first-order valence-corrected chi connectivity index (χ1v) is 7.84. The van der Waals surface area contributed by atoms with Gasteiger partial charge in [0.25, 0.3) is 0 Å². The van der Waals surface area contributed by atoms with Gasteiger partial charge in [-0.05, 0) is 29.5 Å². The predicted octanol–water partition coefficient (Wildman–Crippen LogP) is 3.30. The van der Waals surface area contributed by atoms with E-state index in [1.807, 2.05) is 24.3 Å². The summed E-state index contributed by atoms with van der Waals surface area (Å²) in [6, 6.07) is 7.75. The standard InChI is InChI=1S/C16H20BrNO3/c1-16(2)9-13(16)15(21)18(7-6-14(19)20)10-11-4-3-5-12(17)8-11/h3-5,8,13H,6-7,9-10H2,1-2H3,(H,19,20)/t13-/m1/s1. The summed E-state index contributed by atoms with van der Waals surface area (Å²) < 4.78 is 0.956. The molecule has 5 heteroatoms. The Hall–Kier alpha value is -1.36. The van der Waals surface area contributed by atoms with E-state index in [2.05, 4.69) is 29.8 Å². The van der Waals surface area contributed by atoms with Crippen molar-refractivity contribution < 1.29 is 14.7 Å². The number of benzene rings is 1. The lowest BCUT2D eigenvalue weighted by Crippen LogP contribution is -2.34. The minimum Gasteiger partial charge on any atom is -0.481 e. The van der Waals surface area contributed by atoms with Gasteiger partial charge < -0.3 is 10.0 Å². The normalized spacial score (nSPS) is 19.1. The maximum Gasteiger partial charge on any atom is 0.305 e. The summed E-state index contributed by atoms with van der Waals surface area (Å²) in [5, 5.41) is 8.87. The third kappa shape index (κ3) is 4.30. The van der Waals surface area contributed by atoms with E-state index in [4.69, 9.17) is 5.11 Å². The predicted molar refractivity (Wildman–Crippen MR) is 83.7 cm³/mol. The third-order valence-corrected chi connectivity index (χ3v) is 4.47. The van der Waals surface area contributed by atoms with Crippen LogP contribution in [-0.4, -0.2) is 28.4 Å². The van der Waals surface area contributed by atoms with Gasteiger partial charge in [-0.25, -0.2) is 0 Å². The van der Waals surface area contributed by atoms with Crippen molar-refractivity contribution in [2.45, 2.75) is 33.2 Å². The molecule has 1 aromatic carbocycles. The van der Waals surface area contributed by atoms with Gasteiger partial charge in [0, 0.05) is 23.5 Å². The minimum absolute atomic E-state index is 0.0209. The van der Waals surface area contributed by atoms with Gasteiger partial charge in [0.05, 0.1) is 6.42 Å². The van der Waals surface area contributed by atoms with E-state index >= 15 is 0 Å². The molecule has 0 aromatic heterocycles. The van der Waals surface area contributed by atoms with Crippen LogP contribution in [0.1, 0.15) is 32.3 Å². The second-order valence-electron chi connectivity index (χ2n) is 6.28. The van der Waals surface area contributed by atoms with Gasteiger partial charge in [-0.3, -0.25) is 9.59 Å². The number of amides is 1. The zero-order valence-electron chi connectivity index (χ0n) is 12.3. The summed E-state index contributed by atoms with van der Waals surface area (Å²) in [4.78, 5) is 25.0. The van der Waals surface area contributed by atoms with Crippen molar-refractivity contribution in [3.63, 3.8) is 0 Å². The van der Waals surface area contributed by atoms with Crippen LogP contribution in [0, 0.1) is 11.3 Å². The van der Waals surface area contributed by atoms with E-state index in [-0.39, 0.29) is 30.2 Å². The number of carboxylic acids is 1. The van der Waals surface area contributed by atoms with Gasteiger partial charge >= 0.3 is 5.97 Å². The zero-order chi connectivity index (χ0) is 15.6. The molecular weight excluding hydrogens is 334 g/mol. The molecule has 0 spiro atoms. The molecule has 1 amide bonds. The maximum absolute atomic E-state index is 12.5. The molecule has 1 aromatic rings. The molecule has 1 aliphatic carbocycles. The average Bonchev–Trinajstić information content (AvgIpc) is 3.02. The molecule has 4 nitrogen and oxygen atoms in total. The van der Waals surface area contributed by atoms with Crippen molar-refractivity contribution in [3.8, 4) is 0 Å². The Labute approximate surface area is 133 Å². The lowest BCUT2D eigenvalue weighted by molar-refractivity contribution is -0.139. The third-order valence-electron chi connectivity index (χ3n) is 3.98. The Morgan fingerprint density at radius 3 is 2.62 bits per heavy atom. The van der Waals surface area contributed by atoms with Gasteiger partial charge in [-0.15, -0.1) is 0 Å². The van der Waals surface area contributed by atoms with Crippen molar-refractivity contribution >= 4 is 27.8 Å². The van der Waals surface area contributed by atoms with E-state index in [0.717, 1.165) is 16.5 Å². The Morgan fingerprint density at radius 1 is 1.43 bits per heavy atom. The lowest BCUT2D eigenvalue weighted by Gasteiger charge is -2.23. The molecule has 21 heavy (non-hydrogen) atoms. The molecule has 1 fully saturated rings. The summed E-state index contributed by atoms with van der Waals surface area (Å²) in [6.07, 6.45) is 0.862. The molecule has 1 atom stereocenters. The number of halogens is 1. The highest BCUT2D eigenvalue weighted by Crippen LogP contribution is 2.52. The van der Waals surface area contributed by atoms with Crippen LogP contribution >= 0.6 is 15.9 Å². The molecule has 1 aliphatic rings. The smallest absolute Gasteiger partial charge is 0.305 e. The van der Waals surface area contributed by atoms with Crippen LogP contribution in [0.25, 0.3) is 0 Å². The van der Waals surface area contributed by atoms with Crippen molar-refractivity contribution in [1.29, 1.82) is 0 Å². The molecule has 0 aliphatic heterocycles. The van der Waals surface area contributed by atoms with Gasteiger partial charge in [-0.2, -0.15) is 0 Å². The van der Waals surface area contributed by atoms with Crippen LogP contribution in [0.2, 0.25) is 0 Å². The van der Waals surface area contributed by atoms with Crippen molar-refractivity contribution in [3.05, 3.63) is 34.3 Å². The highest BCUT2D eigenvalue weighted by Gasteiger charge is 2.51. The largest absolute Gasteiger partial charge is 0.481 e. The average molecular weight is 354 g/mol. The number of carboxylic acid groups (broad SMARTS) is 1. The zero-order valence-corrected chi connectivity index (χ0v) is 13.9. The van der Waals surface area contributed by atoms with E-state index in [1.165, 1.54) is 0 Å². The van der Waals surface area contributed by atoms with Crippen LogP contribution in [0.3, 0.4) is 0 Å². The van der Waals surface area contributed by atoms with E-state index in [9.17, 15) is 9.59 Å². The van der Waals surface area contributed by atoms with Crippen molar-refractivity contribution in [2.75, 3.05) is 6.54 Å². The Bertz CT molecular complexity index is 556. The molecular formula is C16H20BrNO3. The highest BCUT2D eigenvalue weighted by molar-refractivity contribution is 9.10. The second kappa shape index (κ2) is 6.18. The number of carbonyl (C=O) groups excluding carboxylic acids is 1. The summed E-state index contributed by atoms with van der Waals surface area (Å²) >= 11 is 3.41. The lowest BCUT2D eigenvalue weighted by atomic mass is 10.1. The Kier molecular flexibility index (Phi) is 4.71. The SMILES string of the molecule is CC1(C)C[C@@H]1C(=O)N(CCC(=O)O)Cc1cccc(Br)c1.